The van der Waals surface area contributed by atoms with Crippen LogP contribution < -0.4 is 15.4 Å². The van der Waals surface area contributed by atoms with Gasteiger partial charge in [-0.25, -0.2) is 23.1 Å². The number of carbonyl (C=O) groups is 3. The van der Waals surface area contributed by atoms with E-state index in [1.807, 2.05) is 6.07 Å². The summed E-state index contributed by atoms with van der Waals surface area (Å²) < 4.78 is 51.4. The number of aromatic nitrogens is 4. The first-order valence-electron chi connectivity index (χ1n) is 15.5. The minimum atomic E-state index is -3.25. The minimum absolute atomic E-state index is 0.0116. The number of aliphatic carboxylic acids is 1. The van der Waals surface area contributed by atoms with Gasteiger partial charge in [-0.3, -0.25) is 10.1 Å². The molecule has 1 aliphatic rings. The summed E-state index contributed by atoms with van der Waals surface area (Å²) in [5.41, 5.74) is 0.668. The summed E-state index contributed by atoms with van der Waals surface area (Å²) in [5.74, 6) is -5.88. The summed E-state index contributed by atoms with van der Waals surface area (Å²) in [6.07, 6.45) is -11.4. The maximum atomic E-state index is 14.4. The topological polar surface area (TPSA) is 261 Å². The molecule has 2 aromatic carbocycles. The fourth-order valence-corrected chi connectivity index (χ4v) is 5.43. The van der Waals surface area contributed by atoms with Crippen molar-refractivity contribution in [3.05, 3.63) is 71.7 Å². The van der Waals surface area contributed by atoms with Gasteiger partial charge in [0.25, 0.3) is 6.43 Å². The third kappa shape index (κ3) is 8.16. The van der Waals surface area contributed by atoms with Gasteiger partial charge < -0.3 is 49.6 Å². The van der Waals surface area contributed by atoms with Gasteiger partial charge in [-0.1, -0.05) is 40.7 Å². The molecule has 0 saturated carbocycles. The SMILES string of the molecule is CC(=O)N[C@H]1[C@H]([C@H](O)[C@H](O)CO)O[C@@](Oc2ccc(-n3cc(COC(=O)Nc4c(-c5ccccc5)noc4C)nn3)cc2C(F)F)(C(=O)O)C[C@@H]1O. The predicted octanol–water partition coefficient (Wildman–Crippen LogP) is 1.45. The number of aryl methyl sites for hydroxylation is 1. The van der Waals surface area contributed by atoms with Crippen molar-refractivity contribution in [2.75, 3.05) is 11.9 Å². The number of hydrogen-bond donors (Lipinski definition) is 7. The first-order valence-corrected chi connectivity index (χ1v) is 15.5. The van der Waals surface area contributed by atoms with Gasteiger partial charge in [-0.15, -0.1) is 5.10 Å². The van der Waals surface area contributed by atoms with E-state index >= 15 is 0 Å². The fraction of sp³-hybridized carbons (Fsp3) is 0.375. The number of aliphatic hydroxyl groups is 4. The van der Waals surface area contributed by atoms with Crippen LogP contribution in [-0.4, -0.2) is 107 Å². The monoisotopic (exact) mass is 732 g/mol. The summed E-state index contributed by atoms with van der Waals surface area (Å²) in [7, 11) is 0. The van der Waals surface area contributed by atoms with Crippen molar-refractivity contribution in [3.8, 4) is 22.7 Å². The number of halogens is 2. The molecule has 3 heterocycles. The number of rotatable bonds is 13. The van der Waals surface area contributed by atoms with Crippen LogP contribution in [-0.2, 0) is 25.7 Å². The quantitative estimate of drug-likeness (QED) is 0.103. The number of nitrogens with zero attached hydrogens (tertiary/aromatic N) is 4. The van der Waals surface area contributed by atoms with E-state index in [2.05, 4.69) is 26.1 Å². The molecule has 5 rings (SSSR count). The Balaban J connectivity index is 1.32. The van der Waals surface area contributed by atoms with Crippen molar-refractivity contribution >= 4 is 23.7 Å². The molecule has 278 valence electrons. The number of carbonyl (C=O) groups excluding carboxylic acids is 2. The summed E-state index contributed by atoms with van der Waals surface area (Å²) in [6.45, 7) is 1.28. The fourth-order valence-electron chi connectivity index (χ4n) is 5.43. The maximum Gasteiger partial charge on any atom is 0.412 e. The third-order valence-electron chi connectivity index (χ3n) is 7.98. The molecular weight excluding hydrogens is 698 g/mol. The zero-order chi connectivity index (χ0) is 37.7. The number of anilines is 1. The second kappa shape index (κ2) is 15.8. The highest BCUT2D eigenvalue weighted by Crippen LogP contribution is 2.39. The molecule has 1 saturated heterocycles. The minimum Gasteiger partial charge on any atom is -0.476 e. The lowest BCUT2D eigenvalue weighted by Crippen LogP contribution is -2.68. The molecule has 1 fully saturated rings. The van der Waals surface area contributed by atoms with Crippen LogP contribution in [0.25, 0.3) is 16.9 Å². The largest absolute Gasteiger partial charge is 0.476 e. The molecule has 2 aromatic heterocycles. The van der Waals surface area contributed by atoms with Crippen LogP contribution in [0.15, 0.2) is 59.3 Å². The van der Waals surface area contributed by atoms with Crippen LogP contribution in [0.2, 0.25) is 0 Å². The lowest BCUT2D eigenvalue weighted by Gasteiger charge is -2.46. The first kappa shape index (κ1) is 37.7. The normalized spacial score (nSPS) is 21.3. The Labute approximate surface area is 292 Å². The van der Waals surface area contributed by atoms with Gasteiger partial charge in [0.05, 0.1) is 42.6 Å². The van der Waals surface area contributed by atoms with Gasteiger partial charge in [0.2, 0.25) is 5.91 Å². The average molecular weight is 733 g/mol. The lowest BCUT2D eigenvalue weighted by molar-refractivity contribution is -0.284. The standard InChI is InChI=1S/C32H34F2N6O12/c1-15-24(25(38-52-15)17-6-4-3-5-7-17)36-31(48)49-14-18-12-40(39-37-18)19-8-9-23(20(10-19)29(33)34)50-32(30(46)47)11-21(43)26(35-16(2)42)28(51-32)27(45)22(44)13-41/h3-10,12,21-22,26-29,41,43-45H,11,13-14H2,1-2H3,(H,35,42)(H,36,48)(H,46,47)/t21-,22+,26+,27+,28+,32+/m0/s1. The van der Waals surface area contributed by atoms with Gasteiger partial charge in [0.15, 0.2) is 5.76 Å². The Kier molecular flexibility index (Phi) is 11.4. The molecule has 0 unspecified atom stereocenters. The number of carboxylic acid groups (broad SMARTS) is 1. The van der Waals surface area contributed by atoms with Crippen LogP contribution in [0.3, 0.4) is 0 Å². The molecule has 4 aromatic rings. The van der Waals surface area contributed by atoms with Crippen molar-refractivity contribution in [1.29, 1.82) is 0 Å². The number of carboxylic acids is 1. The Bertz CT molecular complexity index is 1890. The van der Waals surface area contributed by atoms with Crippen molar-refractivity contribution in [2.45, 2.75) is 69.5 Å². The molecule has 0 aliphatic carbocycles. The maximum absolute atomic E-state index is 14.4. The highest BCUT2D eigenvalue weighted by Gasteiger charge is 2.57. The summed E-state index contributed by atoms with van der Waals surface area (Å²) in [6, 6.07) is 10.6. The highest BCUT2D eigenvalue weighted by molar-refractivity contribution is 5.91. The van der Waals surface area contributed by atoms with Crippen molar-refractivity contribution < 1.29 is 67.4 Å². The molecule has 0 spiro atoms. The van der Waals surface area contributed by atoms with Crippen LogP contribution in [0.4, 0.5) is 19.3 Å². The van der Waals surface area contributed by atoms with Gasteiger partial charge in [0, 0.05) is 12.5 Å². The second-order valence-corrected chi connectivity index (χ2v) is 11.7. The van der Waals surface area contributed by atoms with E-state index in [9.17, 15) is 48.7 Å². The molecule has 0 bridgehead atoms. The molecule has 1 aliphatic heterocycles. The summed E-state index contributed by atoms with van der Waals surface area (Å²) in [4.78, 5) is 36.9. The van der Waals surface area contributed by atoms with E-state index in [-0.39, 0.29) is 18.0 Å². The smallest absolute Gasteiger partial charge is 0.412 e. The summed E-state index contributed by atoms with van der Waals surface area (Å²) in [5, 5.41) is 67.6. The van der Waals surface area contributed by atoms with E-state index < -0.39 is 85.0 Å². The predicted molar refractivity (Wildman–Crippen MR) is 170 cm³/mol. The third-order valence-corrected chi connectivity index (χ3v) is 7.98. The molecule has 7 N–H and O–H groups in total. The molecule has 18 nitrogen and oxygen atoms in total. The zero-order valence-electron chi connectivity index (χ0n) is 27.4. The molecule has 2 amide bonds. The van der Waals surface area contributed by atoms with Crippen LogP contribution in [0, 0.1) is 6.92 Å². The Hall–Kier alpha value is -5.54. The second-order valence-electron chi connectivity index (χ2n) is 11.7. The van der Waals surface area contributed by atoms with E-state index in [0.717, 1.165) is 23.7 Å². The number of ether oxygens (including phenoxy) is 3. The van der Waals surface area contributed by atoms with E-state index in [0.29, 0.717) is 22.7 Å². The van der Waals surface area contributed by atoms with Crippen LogP contribution >= 0.6 is 0 Å². The van der Waals surface area contributed by atoms with Gasteiger partial charge in [0.1, 0.15) is 47.7 Å². The van der Waals surface area contributed by atoms with E-state index in [1.165, 1.54) is 12.3 Å². The first-order chi connectivity index (χ1) is 24.7. The number of nitrogens with one attached hydrogen (secondary N) is 2. The Morgan fingerprint density at radius 1 is 1.15 bits per heavy atom. The number of hydrogen-bond acceptors (Lipinski definition) is 14. The molecule has 0 radical (unpaired) electrons. The Morgan fingerprint density at radius 2 is 1.88 bits per heavy atom. The van der Waals surface area contributed by atoms with Crippen LogP contribution in [0.5, 0.6) is 5.75 Å². The Morgan fingerprint density at radius 3 is 2.54 bits per heavy atom. The molecular formula is C32H34F2N6O12. The van der Waals surface area contributed by atoms with Crippen molar-refractivity contribution in [1.82, 2.24) is 25.5 Å². The van der Waals surface area contributed by atoms with Crippen molar-refractivity contribution in [3.63, 3.8) is 0 Å². The number of amides is 2. The zero-order valence-corrected chi connectivity index (χ0v) is 27.4. The van der Waals surface area contributed by atoms with Gasteiger partial charge in [-0.05, 0) is 25.1 Å². The average Bonchev–Trinajstić information content (AvgIpc) is 3.74. The highest BCUT2D eigenvalue weighted by atomic mass is 19.3. The lowest BCUT2D eigenvalue weighted by atomic mass is 9.88. The summed E-state index contributed by atoms with van der Waals surface area (Å²) >= 11 is 0. The number of benzene rings is 2. The van der Waals surface area contributed by atoms with Crippen molar-refractivity contribution in [2.24, 2.45) is 0 Å². The van der Waals surface area contributed by atoms with Crippen LogP contribution in [0.1, 0.15) is 36.8 Å². The molecule has 20 heteroatoms. The van der Waals surface area contributed by atoms with E-state index in [4.69, 9.17) is 18.7 Å². The molecule has 52 heavy (non-hydrogen) atoms. The number of aliphatic hydroxyl groups excluding tert-OH is 4. The van der Waals surface area contributed by atoms with Gasteiger partial charge >= 0.3 is 17.8 Å². The molecule has 6 atom stereocenters. The van der Waals surface area contributed by atoms with Gasteiger partial charge in [-0.2, -0.15) is 0 Å². The number of alkyl halides is 2. The van der Waals surface area contributed by atoms with E-state index in [1.54, 1.807) is 31.2 Å².